The molecular formula is C20H23FN4O3. The quantitative estimate of drug-likeness (QED) is 0.822. The van der Waals surface area contributed by atoms with E-state index in [2.05, 4.69) is 15.6 Å². The summed E-state index contributed by atoms with van der Waals surface area (Å²) in [5.41, 5.74) is 1.55. The van der Waals surface area contributed by atoms with Crippen LogP contribution in [-0.2, 0) is 4.74 Å². The first-order valence-corrected chi connectivity index (χ1v) is 9.26. The van der Waals surface area contributed by atoms with Gasteiger partial charge in [0.05, 0.1) is 6.61 Å². The van der Waals surface area contributed by atoms with Crippen LogP contribution in [0.5, 0.6) is 0 Å². The van der Waals surface area contributed by atoms with Gasteiger partial charge in [-0.05, 0) is 56.2 Å². The van der Waals surface area contributed by atoms with Crippen LogP contribution in [0.15, 0.2) is 42.6 Å². The molecule has 2 heterocycles. The Balaban J connectivity index is 1.55. The number of hydrogen-bond donors (Lipinski definition) is 2. The van der Waals surface area contributed by atoms with Crippen molar-refractivity contribution in [1.29, 1.82) is 0 Å². The highest BCUT2D eigenvalue weighted by Gasteiger charge is 2.23. The van der Waals surface area contributed by atoms with Crippen molar-refractivity contribution in [2.75, 3.05) is 30.3 Å². The lowest BCUT2D eigenvalue weighted by Gasteiger charge is -2.32. The van der Waals surface area contributed by atoms with Crippen molar-refractivity contribution in [2.45, 2.75) is 25.8 Å². The van der Waals surface area contributed by atoms with Gasteiger partial charge < -0.3 is 20.3 Å². The third kappa shape index (κ3) is 5.18. The minimum atomic E-state index is -0.368. The normalized spacial score (nSPS) is 14.4. The standard InChI is InChI=1S/C20H23FN4O3/c1-2-28-20(27)25-11-8-16(9-12-25)23-17-7-10-22-18(13-17)19(26)24-15-5-3-14(21)4-6-15/h3-7,10,13,16H,2,8-9,11-12H2,1H3,(H,22,23)(H,24,26). The zero-order chi connectivity index (χ0) is 19.9. The van der Waals surface area contributed by atoms with Crippen LogP contribution in [0.4, 0.5) is 20.6 Å². The first kappa shape index (κ1) is 19.6. The second-order valence-corrected chi connectivity index (χ2v) is 6.50. The number of nitrogens with one attached hydrogen (secondary N) is 2. The smallest absolute Gasteiger partial charge is 0.409 e. The largest absolute Gasteiger partial charge is 0.450 e. The van der Waals surface area contributed by atoms with E-state index < -0.39 is 0 Å². The van der Waals surface area contributed by atoms with Gasteiger partial charge in [-0.3, -0.25) is 9.78 Å². The molecule has 1 aromatic carbocycles. The summed E-state index contributed by atoms with van der Waals surface area (Å²) in [7, 11) is 0. The molecule has 7 nitrogen and oxygen atoms in total. The Labute approximate surface area is 162 Å². The van der Waals surface area contributed by atoms with Gasteiger partial charge in [0.15, 0.2) is 0 Å². The number of nitrogens with zero attached hydrogens (tertiary/aromatic N) is 2. The zero-order valence-corrected chi connectivity index (χ0v) is 15.7. The second-order valence-electron chi connectivity index (χ2n) is 6.50. The number of rotatable bonds is 5. The highest BCUT2D eigenvalue weighted by molar-refractivity contribution is 6.03. The Morgan fingerprint density at radius 3 is 2.57 bits per heavy atom. The summed E-state index contributed by atoms with van der Waals surface area (Å²) in [6.45, 7) is 3.41. The maximum atomic E-state index is 13.0. The molecular weight excluding hydrogens is 363 g/mol. The molecule has 0 spiro atoms. The van der Waals surface area contributed by atoms with E-state index in [1.807, 2.05) is 0 Å². The van der Waals surface area contributed by atoms with Gasteiger partial charge in [-0.1, -0.05) is 0 Å². The lowest BCUT2D eigenvalue weighted by atomic mass is 10.1. The average molecular weight is 386 g/mol. The molecule has 0 radical (unpaired) electrons. The van der Waals surface area contributed by atoms with Crippen LogP contribution in [0.2, 0.25) is 0 Å². The average Bonchev–Trinajstić information content (AvgIpc) is 2.70. The van der Waals surface area contributed by atoms with E-state index in [-0.39, 0.29) is 29.6 Å². The van der Waals surface area contributed by atoms with Gasteiger partial charge in [-0.25, -0.2) is 9.18 Å². The Morgan fingerprint density at radius 1 is 1.18 bits per heavy atom. The van der Waals surface area contributed by atoms with E-state index in [0.29, 0.717) is 25.4 Å². The molecule has 3 rings (SSSR count). The maximum Gasteiger partial charge on any atom is 0.409 e. The van der Waals surface area contributed by atoms with Crippen molar-refractivity contribution < 1.29 is 18.7 Å². The van der Waals surface area contributed by atoms with Crippen molar-refractivity contribution in [3.8, 4) is 0 Å². The van der Waals surface area contributed by atoms with Crippen molar-refractivity contribution in [1.82, 2.24) is 9.88 Å². The Kier molecular flexibility index (Phi) is 6.41. The minimum absolute atomic E-state index is 0.195. The zero-order valence-electron chi connectivity index (χ0n) is 15.7. The Bertz CT molecular complexity index is 820. The third-order valence-corrected chi connectivity index (χ3v) is 4.49. The number of halogens is 1. The fourth-order valence-corrected chi connectivity index (χ4v) is 3.03. The Morgan fingerprint density at radius 2 is 1.89 bits per heavy atom. The van der Waals surface area contributed by atoms with Crippen LogP contribution in [0.25, 0.3) is 0 Å². The molecule has 0 saturated carbocycles. The molecule has 28 heavy (non-hydrogen) atoms. The summed E-state index contributed by atoms with van der Waals surface area (Å²) in [6.07, 6.45) is 2.87. The molecule has 1 fully saturated rings. The fourth-order valence-electron chi connectivity index (χ4n) is 3.03. The Hall–Kier alpha value is -3.16. The number of piperidine rings is 1. The van der Waals surface area contributed by atoms with Gasteiger partial charge in [0.25, 0.3) is 5.91 Å². The molecule has 1 aliphatic heterocycles. The second kappa shape index (κ2) is 9.16. The molecule has 2 aromatic rings. The van der Waals surface area contributed by atoms with Crippen molar-refractivity contribution in [2.24, 2.45) is 0 Å². The summed E-state index contributed by atoms with van der Waals surface area (Å²) in [6, 6.07) is 9.22. The van der Waals surface area contributed by atoms with E-state index in [0.717, 1.165) is 18.5 Å². The molecule has 0 atom stereocenters. The number of benzene rings is 1. The number of amides is 2. The molecule has 8 heteroatoms. The van der Waals surface area contributed by atoms with E-state index in [1.165, 1.54) is 24.3 Å². The summed E-state index contributed by atoms with van der Waals surface area (Å²) >= 11 is 0. The molecule has 1 aliphatic rings. The number of carbonyl (C=O) groups excluding carboxylic acids is 2. The number of ether oxygens (including phenoxy) is 1. The van der Waals surface area contributed by atoms with Gasteiger partial charge in [-0.2, -0.15) is 0 Å². The van der Waals surface area contributed by atoms with Crippen molar-refractivity contribution >= 4 is 23.4 Å². The van der Waals surface area contributed by atoms with Crippen LogP contribution >= 0.6 is 0 Å². The van der Waals surface area contributed by atoms with Crippen molar-refractivity contribution in [3.05, 3.63) is 54.1 Å². The summed E-state index contributed by atoms with van der Waals surface area (Å²) in [5, 5.41) is 6.08. The fraction of sp³-hybridized carbons (Fsp3) is 0.350. The lowest BCUT2D eigenvalue weighted by Crippen LogP contribution is -2.42. The maximum absolute atomic E-state index is 13.0. The van der Waals surface area contributed by atoms with E-state index in [4.69, 9.17) is 4.74 Å². The van der Waals surface area contributed by atoms with E-state index in [9.17, 15) is 14.0 Å². The van der Waals surface area contributed by atoms with Crippen LogP contribution in [0.3, 0.4) is 0 Å². The topological polar surface area (TPSA) is 83.6 Å². The summed E-state index contributed by atoms with van der Waals surface area (Å²) in [4.78, 5) is 29.9. The SMILES string of the molecule is CCOC(=O)N1CCC(Nc2ccnc(C(=O)Nc3ccc(F)cc3)c2)CC1. The molecule has 1 aromatic heterocycles. The van der Waals surface area contributed by atoms with Gasteiger partial charge in [0.1, 0.15) is 11.5 Å². The number of pyridine rings is 1. The van der Waals surface area contributed by atoms with Crippen LogP contribution in [0, 0.1) is 5.82 Å². The number of aromatic nitrogens is 1. The van der Waals surface area contributed by atoms with Crippen molar-refractivity contribution in [3.63, 3.8) is 0 Å². The molecule has 0 unspecified atom stereocenters. The van der Waals surface area contributed by atoms with E-state index in [1.54, 1.807) is 30.2 Å². The van der Waals surface area contributed by atoms with Gasteiger partial charge in [-0.15, -0.1) is 0 Å². The van der Waals surface area contributed by atoms with Crippen LogP contribution in [0.1, 0.15) is 30.3 Å². The molecule has 0 aliphatic carbocycles. The first-order valence-electron chi connectivity index (χ1n) is 9.26. The summed E-state index contributed by atoms with van der Waals surface area (Å²) < 4.78 is 18.0. The van der Waals surface area contributed by atoms with Gasteiger partial charge in [0.2, 0.25) is 0 Å². The van der Waals surface area contributed by atoms with Gasteiger partial charge >= 0.3 is 6.09 Å². The molecule has 1 saturated heterocycles. The van der Waals surface area contributed by atoms with Gasteiger partial charge in [0, 0.05) is 36.7 Å². The third-order valence-electron chi connectivity index (χ3n) is 4.49. The molecule has 0 bridgehead atoms. The van der Waals surface area contributed by atoms with Crippen LogP contribution in [-0.4, -0.2) is 47.6 Å². The number of likely N-dealkylation sites (tertiary alicyclic amines) is 1. The number of hydrogen-bond acceptors (Lipinski definition) is 5. The number of anilines is 2. The van der Waals surface area contributed by atoms with E-state index >= 15 is 0 Å². The molecule has 2 amide bonds. The van der Waals surface area contributed by atoms with Crippen LogP contribution < -0.4 is 10.6 Å². The molecule has 2 N–H and O–H groups in total. The molecule has 148 valence electrons. The minimum Gasteiger partial charge on any atom is -0.450 e. The lowest BCUT2D eigenvalue weighted by molar-refractivity contribution is 0.0981. The highest BCUT2D eigenvalue weighted by atomic mass is 19.1. The monoisotopic (exact) mass is 386 g/mol. The predicted molar refractivity (Wildman–Crippen MR) is 104 cm³/mol. The highest BCUT2D eigenvalue weighted by Crippen LogP contribution is 2.18. The predicted octanol–water partition coefficient (Wildman–Crippen LogP) is 3.51. The number of carbonyl (C=O) groups is 2. The first-order chi connectivity index (χ1) is 13.5. The summed E-state index contributed by atoms with van der Waals surface area (Å²) in [5.74, 6) is -0.733.